The first kappa shape index (κ1) is 35.2. The van der Waals surface area contributed by atoms with Crippen LogP contribution < -0.4 is 10.1 Å². The molecule has 0 aliphatic carbocycles. The van der Waals surface area contributed by atoms with Gasteiger partial charge in [-0.2, -0.15) is 0 Å². The van der Waals surface area contributed by atoms with E-state index in [9.17, 15) is 8.96 Å². The van der Waals surface area contributed by atoms with Crippen LogP contribution in [0, 0.1) is 0 Å². The van der Waals surface area contributed by atoms with E-state index in [1.54, 1.807) is 45.7 Å². The number of fused-ring (bicyclic) bond motifs is 1. The van der Waals surface area contributed by atoms with E-state index in [-0.39, 0.29) is 31.6 Å². The van der Waals surface area contributed by atoms with Gasteiger partial charge in [-0.3, -0.25) is 4.57 Å². The van der Waals surface area contributed by atoms with Gasteiger partial charge in [0.05, 0.1) is 31.7 Å². The van der Waals surface area contributed by atoms with Crippen LogP contribution in [0.1, 0.15) is 56.8 Å². The Bertz CT molecular complexity index is 1730. The highest BCUT2D eigenvalue weighted by Crippen LogP contribution is 2.50. The van der Waals surface area contributed by atoms with Gasteiger partial charge in [0.25, 0.3) is 0 Å². The monoisotopic (exact) mass is 675 g/mol. The van der Waals surface area contributed by atoms with Gasteiger partial charge in [0.15, 0.2) is 11.5 Å². The average molecular weight is 676 g/mol. The molecule has 0 aliphatic rings. The molecule has 0 saturated heterocycles. The molecule has 1 atom stereocenters. The molecule has 0 aliphatic heterocycles. The topological polar surface area (TPSA) is 110 Å². The molecule has 3 aromatic carbocycles. The summed E-state index contributed by atoms with van der Waals surface area (Å²) in [5.74, 6) is 1.22. The number of ether oxygens (including phenoxy) is 2. The molecule has 5 aromatic rings. The Morgan fingerprint density at radius 1 is 0.833 bits per heavy atom. The number of halogens is 1. The van der Waals surface area contributed by atoms with Gasteiger partial charge in [-0.15, -0.1) is 0 Å². The van der Waals surface area contributed by atoms with Gasteiger partial charge >= 0.3 is 7.60 Å². The minimum absolute atomic E-state index is 0.125. The van der Waals surface area contributed by atoms with Crippen LogP contribution >= 0.6 is 7.60 Å². The highest BCUT2D eigenvalue weighted by Gasteiger charge is 2.38. The highest BCUT2D eigenvalue weighted by atomic mass is 31.2. The maximum absolute atomic E-state index is 14.6. The molecule has 2 aromatic heterocycles. The van der Waals surface area contributed by atoms with Gasteiger partial charge in [-0.25, -0.2) is 19.3 Å². The third-order valence-corrected chi connectivity index (χ3v) is 9.74. The van der Waals surface area contributed by atoms with Crippen molar-refractivity contribution in [3.05, 3.63) is 114 Å². The number of hydrogen-bond donors (Lipinski definition) is 1. The first-order chi connectivity index (χ1) is 23.2. The summed E-state index contributed by atoms with van der Waals surface area (Å²) < 4.78 is 51.7. The van der Waals surface area contributed by atoms with Crippen molar-refractivity contribution in [1.82, 2.24) is 19.5 Å². The van der Waals surface area contributed by atoms with Crippen LogP contribution in [-0.4, -0.2) is 58.5 Å². The van der Waals surface area contributed by atoms with Crippen molar-refractivity contribution in [2.45, 2.75) is 57.9 Å². The number of hydrogen-bond acceptors (Lipinski definition) is 9. The lowest BCUT2D eigenvalue weighted by atomic mass is 9.77. The number of nitrogens with one attached hydrogen (secondary N) is 1. The lowest BCUT2D eigenvalue weighted by Crippen LogP contribution is -2.38. The molecule has 0 saturated carbocycles. The van der Waals surface area contributed by atoms with Crippen molar-refractivity contribution in [1.29, 1.82) is 0 Å². The molecule has 0 radical (unpaired) electrons. The van der Waals surface area contributed by atoms with Gasteiger partial charge in [0, 0.05) is 6.61 Å². The molecule has 254 valence electrons. The molecular weight excluding hydrogens is 632 g/mol. The van der Waals surface area contributed by atoms with E-state index in [0.29, 0.717) is 17.0 Å². The molecule has 12 heteroatoms. The average Bonchev–Trinajstić information content (AvgIpc) is 3.52. The number of anilines is 1. The fraction of sp³-hybridized carbons (Fsp3) is 0.361. The van der Waals surface area contributed by atoms with Gasteiger partial charge < -0.3 is 28.4 Å². The zero-order valence-corrected chi connectivity index (χ0v) is 28.8. The summed E-state index contributed by atoms with van der Waals surface area (Å²) >= 11 is 0. The predicted octanol–water partition coefficient (Wildman–Crippen LogP) is 8.16. The molecule has 0 spiro atoms. The van der Waals surface area contributed by atoms with Crippen LogP contribution in [0.25, 0.3) is 11.2 Å². The second kappa shape index (κ2) is 15.8. The summed E-state index contributed by atoms with van der Waals surface area (Å²) in [5, 5.41) is 3.75. The van der Waals surface area contributed by atoms with Crippen LogP contribution in [0.5, 0.6) is 5.75 Å². The van der Waals surface area contributed by atoms with E-state index in [1.165, 1.54) is 6.33 Å². The van der Waals surface area contributed by atoms with Gasteiger partial charge in [0.1, 0.15) is 36.2 Å². The number of nitrogens with zero attached hydrogens (tertiary/aromatic N) is 4. The van der Waals surface area contributed by atoms with E-state index < -0.39 is 25.9 Å². The van der Waals surface area contributed by atoms with Crippen LogP contribution in [0.15, 0.2) is 97.6 Å². The van der Waals surface area contributed by atoms with E-state index in [4.69, 9.17) is 18.5 Å². The molecule has 0 bridgehead atoms. The van der Waals surface area contributed by atoms with Crippen LogP contribution in [-0.2, 0) is 23.9 Å². The van der Waals surface area contributed by atoms with E-state index >= 15 is 0 Å². The predicted molar refractivity (Wildman–Crippen MR) is 185 cm³/mol. The lowest BCUT2D eigenvalue weighted by molar-refractivity contribution is 0.0927. The number of aromatic nitrogens is 4. The molecule has 48 heavy (non-hydrogen) atoms. The Morgan fingerprint density at radius 2 is 1.42 bits per heavy atom. The van der Waals surface area contributed by atoms with Crippen molar-refractivity contribution in [2.24, 2.45) is 0 Å². The van der Waals surface area contributed by atoms with Gasteiger partial charge in [0.2, 0.25) is 0 Å². The molecule has 0 fully saturated rings. The molecule has 2 heterocycles. The number of rotatable bonds is 17. The molecule has 10 nitrogen and oxygen atoms in total. The Hall–Kier alpha value is -4.15. The maximum atomic E-state index is 14.6. The second-order valence-corrected chi connectivity index (χ2v) is 13.8. The zero-order valence-electron chi connectivity index (χ0n) is 28.0. The van der Waals surface area contributed by atoms with Crippen molar-refractivity contribution in [3.63, 3.8) is 0 Å². The second-order valence-electron chi connectivity index (χ2n) is 11.9. The molecule has 5 rings (SSSR count). The van der Waals surface area contributed by atoms with E-state index in [0.717, 1.165) is 22.4 Å². The minimum Gasteiger partial charge on any atom is -0.497 e. The highest BCUT2D eigenvalue weighted by molar-refractivity contribution is 7.53. The smallest absolute Gasteiger partial charge is 0.356 e. The first-order valence-electron chi connectivity index (χ1n) is 16.0. The van der Waals surface area contributed by atoms with Gasteiger partial charge in [-0.1, -0.05) is 72.8 Å². The van der Waals surface area contributed by atoms with Crippen LogP contribution in [0.4, 0.5) is 10.2 Å². The molecule has 1 unspecified atom stereocenters. The lowest BCUT2D eigenvalue weighted by Gasteiger charge is -2.37. The van der Waals surface area contributed by atoms with Crippen LogP contribution in [0.3, 0.4) is 0 Å². The largest absolute Gasteiger partial charge is 0.497 e. The maximum Gasteiger partial charge on any atom is 0.356 e. The van der Waals surface area contributed by atoms with E-state index in [1.807, 2.05) is 60.7 Å². The van der Waals surface area contributed by atoms with Gasteiger partial charge in [-0.05, 0) is 62.9 Å². The zero-order chi connectivity index (χ0) is 34.1. The third-order valence-electron chi connectivity index (χ3n) is 7.76. The molecular formula is C36H43FN5O5P. The standard InChI is InChI=1S/C36H43FN5O5P/c1-26(2)46-48(43,47-27(3)4)25-45-21-20-31(22-37)42-24-40-33-34(38-23-39-35(33)42)41-36(28-12-8-6-9-13-28,29-14-10-7-11-15-29)30-16-18-32(44-5)19-17-30/h6-19,23-24,26-27,31H,20-22,25H2,1-5H3,(H,38,39,41). The Morgan fingerprint density at radius 3 is 1.96 bits per heavy atom. The number of alkyl halides is 1. The van der Waals surface area contributed by atoms with Crippen molar-refractivity contribution < 1.29 is 27.5 Å². The Kier molecular flexibility index (Phi) is 11.6. The quantitative estimate of drug-likeness (QED) is 0.0593. The van der Waals surface area contributed by atoms with Crippen molar-refractivity contribution in [3.8, 4) is 5.75 Å². The summed E-state index contributed by atoms with van der Waals surface area (Å²) in [6, 6.07) is 27.5. The summed E-state index contributed by atoms with van der Waals surface area (Å²) in [6.45, 7) is 6.57. The fourth-order valence-corrected chi connectivity index (χ4v) is 7.55. The summed E-state index contributed by atoms with van der Waals surface area (Å²) in [4.78, 5) is 13.8. The molecule has 1 N–H and O–H groups in total. The van der Waals surface area contributed by atoms with Crippen molar-refractivity contribution >= 4 is 24.6 Å². The summed E-state index contributed by atoms with van der Waals surface area (Å²) in [5.41, 5.74) is 2.97. The fourth-order valence-electron chi connectivity index (χ4n) is 5.74. The Balaban J connectivity index is 1.48. The van der Waals surface area contributed by atoms with Crippen molar-refractivity contribution in [2.75, 3.05) is 32.1 Å². The number of methoxy groups -OCH3 is 1. The SMILES string of the molecule is COc1ccc(C(Nc2ncnc3c2ncn3C(CF)CCOCP(=O)(OC(C)C)OC(C)C)(c2ccccc2)c2ccccc2)cc1. The number of imidazole rings is 1. The first-order valence-corrected chi connectivity index (χ1v) is 17.7. The minimum atomic E-state index is -3.48. The van der Waals surface area contributed by atoms with Crippen LogP contribution in [0.2, 0.25) is 0 Å². The number of benzene rings is 3. The summed E-state index contributed by atoms with van der Waals surface area (Å²) in [6.07, 6.45) is 2.47. The third kappa shape index (κ3) is 7.93. The molecule has 0 amide bonds. The van der Waals surface area contributed by atoms with E-state index in [2.05, 4.69) is 44.5 Å². The Labute approximate surface area is 281 Å². The normalized spacial score (nSPS) is 12.9. The summed E-state index contributed by atoms with van der Waals surface area (Å²) in [7, 11) is -1.84.